The molecule has 2 aromatic carbocycles. The summed E-state index contributed by atoms with van der Waals surface area (Å²) < 4.78 is 33.0. The van der Waals surface area contributed by atoms with Crippen LogP contribution in [-0.2, 0) is 14.8 Å². The van der Waals surface area contributed by atoms with Crippen LogP contribution in [0.2, 0.25) is 0 Å². The number of fused-ring (bicyclic) bond motifs is 1. The topological polar surface area (TPSA) is 104 Å². The molecule has 1 amide bonds. The smallest absolute Gasteiger partial charge is 0.243 e. The minimum atomic E-state index is -3.68. The Hall–Kier alpha value is -2.91. The van der Waals surface area contributed by atoms with E-state index in [4.69, 9.17) is 4.74 Å². The number of hydrogen-bond acceptors (Lipinski definition) is 5. The second-order valence-corrected chi connectivity index (χ2v) is 9.30. The summed E-state index contributed by atoms with van der Waals surface area (Å²) in [5.74, 6) is 1.21. The number of anilines is 1. The third kappa shape index (κ3) is 3.90. The van der Waals surface area contributed by atoms with Crippen molar-refractivity contribution in [2.45, 2.75) is 30.6 Å². The highest BCUT2D eigenvalue weighted by Gasteiger charge is 2.31. The number of rotatable bonds is 5. The second kappa shape index (κ2) is 8.08. The van der Waals surface area contributed by atoms with Crippen LogP contribution in [0.4, 0.5) is 5.69 Å². The van der Waals surface area contributed by atoms with Crippen LogP contribution in [0, 0.1) is 0 Å². The molecule has 0 aliphatic carbocycles. The van der Waals surface area contributed by atoms with E-state index in [0.717, 1.165) is 16.9 Å². The number of methoxy groups -OCH3 is 1. The molecule has 4 rings (SSSR count). The number of hydrogen-bond donors (Lipinski definition) is 2. The summed E-state index contributed by atoms with van der Waals surface area (Å²) in [7, 11) is -2.21. The van der Waals surface area contributed by atoms with E-state index < -0.39 is 10.0 Å². The molecule has 1 fully saturated rings. The fourth-order valence-electron chi connectivity index (χ4n) is 3.82. The van der Waals surface area contributed by atoms with Crippen LogP contribution < -0.4 is 10.1 Å². The highest BCUT2D eigenvalue weighted by molar-refractivity contribution is 7.89. The molecule has 2 heterocycles. The van der Waals surface area contributed by atoms with E-state index in [0.29, 0.717) is 37.4 Å². The van der Waals surface area contributed by atoms with Crippen LogP contribution >= 0.6 is 0 Å². The fourth-order valence-corrected chi connectivity index (χ4v) is 5.32. The molecule has 0 atom stereocenters. The molecule has 1 aromatic heterocycles. The maximum Gasteiger partial charge on any atom is 0.243 e. The van der Waals surface area contributed by atoms with Gasteiger partial charge in [0.2, 0.25) is 15.9 Å². The van der Waals surface area contributed by atoms with E-state index in [2.05, 4.69) is 15.3 Å². The van der Waals surface area contributed by atoms with E-state index in [1.165, 1.54) is 30.5 Å². The maximum atomic E-state index is 13.2. The first-order chi connectivity index (χ1) is 14.4. The first kappa shape index (κ1) is 20.4. The van der Waals surface area contributed by atoms with E-state index in [1.807, 2.05) is 24.3 Å². The van der Waals surface area contributed by atoms with E-state index >= 15 is 0 Å². The van der Waals surface area contributed by atoms with Gasteiger partial charge in [0.15, 0.2) is 0 Å². The van der Waals surface area contributed by atoms with Crippen LogP contribution in [-0.4, -0.2) is 48.8 Å². The van der Waals surface area contributed by atoms with Crippen LogP contribution in [0.1, 0.15) is 31.5 Å². The van der Waals surface area contributed by atoms with Gasteiger partial charge in [0.1, 0.15) is 11.6 Å². The van der Waals surface area contributed by atoms with Crippen LogP contribution in [0.3, 0.4) is 0 Å². The summed E-state index contributed by atoms with van der Waals surface area (Å²) in [5.41, 5.74) is 2.25. The number of imidazole rings is 1. The Bertz CT molecular complexity index is 1150. The van der Waals surface area contributed by atoms with Gasteiger partial charge >= 0.3 is 0 Å². The molecular weight excluding hydrogens is 404 g/mol. The molecule has 0 radical (unpaired) electrons. The summed E-state index contributed by atoms with van der Waals surface area (Å²) in [6.45, 7) is 2.18. The van der Waals surface area contributed by atoms with Crippen LogP contribution in [0.15, 0.2) is 47.4 Å². The first-order valence-electron chi connectivity index (χ1n) is 9.79. The number of aromatic amines is 1. The van der Waals surface area contributed by atoms with Crippen molar-refractivity contribution < 1.29 is 17.9 Å². The Morgan fingerprint density at radius 2 is 1.93 bits per heavy atom. The molecule has 0 unspecified atom stereocenters. The summed E-state index contributed by atoms with van der Waals surface area (Å²) >= 11 is 0. The quantitative estimate of drug-likeness (QED) is 0.650. The van der Waals surface area contributed by atoms with Gasteiger partial charge in [-0.1, -0.05) is 12.1 Å². The van der Waals surface area contributed by atoms with Gasteiger partial charge in [-0.15, -0.1) is 0 Å². The van der Waals surface area contributed by atoms with Gasteiger partial charge < -0.3 is 15.0 Å². The number of carbonyl (C=O) groups excluding carboxylic acids is 1. The molecule has 1 aliphatic rings. The van der Waals surface area contributed by atoms with E-state index in [-0.39, 0.29) is 16.7 Å². The summed E-state index contributed by atoms with van der Waals surface area (Å²) in [5, 5.41) is 2.62. The number of carbonyl (C=O) groups is 1. The lowest BCUT2D eigenvalue weighted by molar-refractivity contribution is -0.114. The van der Waals surface area contributed by atoms with Gasteiger partial charge in [0.25, 0.3) is 0 Å². The molecule has 1 saturated heterocycles. The molecule has 158 valence electrons. The van der Waals surface area contributed by atoms with E-state index in [9.17, 15) is 13.2 Å². The zero-order chi connectivity index (χ0) is 21.3. The van der Waals surface area contributed by atoms with Crippen molar-refractivity contribution in [1.82, 2.24) is 14.3 Å². The van der Waals surface area contributed by atoms with Crippen molar-refractivity contribution in [3.63, 3.8) is 0 Å². The predicted octanol–water partition coefficient (Wildman–Crippen LogP) is 3.10. The zero-order valence-electron chi connectivity index (χ0n) is 16.9. The number of benzene rings is 2. The summed E-state index contributed by atoms with van der Waals surface area (Å²) in [4.78, 5) is 19.6. The summed E-state index contributed by atoms with van der Waals surface area (Å²) in [6.07, 6.45) is 1.38. The van der Waals surface area contributed by atoms with Crippen molar-refractivity contribution in [1.29, 1.82) is 0 Å². The molecule has 9 heteroatoms. The highest BCUT2D eigenvalue weighted by atomic mass is 32.2. The molecule has 1 aliphatic heterocycles. The molecule has 30 heavy (non-hydrogen) atoms. The fraction of sp³-hybridized carbons (Fsp3) is 0.333. The Labute approximate surface area is 175 Å². The van der Waals surface area contributed by atoms with Gasteiger partial charge in [-0.3, -0.25) is 4.79 Å². The Balaban J connectivity index is 1.51. The average Bonchev–Trinajstić information content (AvgIpc) is 3.17. The SMILES string of the molecule is COc1ccc(S(=O)(=O)N2CCC(c3nc4ccccc4[nH]3)CC2)cc1NC(C)=O. The standard InChI is InChI=1S/C21H24N4O4S/c1-14(26)22-19-13-16(7-8-20(19)29-2)30(27,28)25-11-9-15(10-12-25)21-23-17-5-3-4-6-18(17)24-21/h3-8,13,15H,9-12H2,1-2H3,(H,22,26)(H,23,24). The number of H-pyrrole nitrogens is 1. The van der Waals surface area contributed by atoms with Crippen LogP contribution in [0.5, 0.6) is 5.75 Å². The molecule has 0 spiro atoms. The predicted molar refractivity (Wildman–Crippen MR) is 114 cm³/mol. The Morgan fingerprint density at radius 3 is 2.60 bits per heavy atom. The molecule has 2 N–H and O–H groups in total. The van der Waals surface area contributed by atoms with Gasteiger partial charge in [0, 0.05) is 25.9 Å². The number of piperidine rings is 1. The second-order valence-electron chi connectivity index (χ2n) is 7.36. The molecular formula is C21H24N4O4S. The van der Waals surface area contributed by atoms with Crippen molar-refractivity contribution in [3.8, 4) is 5.75 Å². The Kier molecular flexibility index (Phi) is 5.48. The van der Waals surface area contributed by atoms with Crippen molar-refractivity contribution >= 4 is 32.7 Å². The normalized spacial score (nSPS) is 15.9. The number of amides is 1. The minimum Gasteiger partial charge on any atom is -0.495 e. The largest absolute Gasteiger partial charge is 0.495 e. The zero-order valence-corrected chi connectivity index (χ0v) is 17.7. The lowest BCUT2D eigenvalue weighted by Gasteiger charge is -2.30. The van der Waals surface area contributed by atoms with Gasteiger partial charge in [-0.05, 0) is 43.2 Å². The lowest BCUT2D eigenvalue weighted by Crippen LogP contribution is -2.38. The average molecular weight is 429 g/mol. The molecule has 3 aromatic rings. The summed E-state index contributed by atoms with van der Waals surface area (Å²) in [6, 6.07) is 12.4. The van der Waals surface area contributed by atoms with Crippen molar-refractivity contribution in [3.05, 3.63) is 48.3 Å². The maximum absolute atomic E-state index is 13.2. The molecule has 0 saturated carbocycles. The molecule has 8 nitrogen and oxygen atoms in total. The number of sulfonamides is 1. The van der Waals surface area contributed by atoms with Gasteiger partial charge in [-0.2, -0.15) is 4.31 Å². The number of ether oxygens (including phenoxy) is 1. The third-order valence-electron chi connectivity index (χ3n) is 5.37. The van der Waals surface area contributed by atoms with Crippen LogP contribution in [0.25, 0.3) is 11.0 Å². The number of aromatic nitrogens is 2. The third-order valence-corrected chi connectivity index (χ3v) is 7.26. The minimum absolute atomic E-state index is 0.134. The monoisotopic (exact) mass is 428 g/mol. The molecule has 0 bridgehead atoms. The Morgan fingerprint density at radius 1 is 1.20 bits per heavy atom. The lowest BCUT2D eigenvalue weighted by atomic mass is 9.97. The van der Waals surface area contributed by atoms with Crippen molar-refractivity contribution in [2.75, 3.05) is 25.5 Å². The van der Waals surface area contributed by atoms with E-state index in [1.54, 1.807) is 6.07 Å². The first-order valence-corrected chi connectivity index (χ1v) is 11.2. The van der Waals surface area contributed by atoms with Gasteiger partial charge in [-0.25, -0.2) is 13.4 Å². The number of nitrogens with zero attached hydrogens (tertiary/aromatic N) is 2. The number of para-hydroxylation sites is 2. The number of nitrogens with one attached hydrogen (secondary N) is 2. The highest BCUT2D eigenvalue weighted by Crippen LogP contribution is 2.33. The van der Waals surface area contributed by atoms with Crippen molar-refractivity contribution in [2.24, 2.45) is 0 Å². The van der Waals surface area contributed by atoms with Gasteiger partial charge in [0.05, 0.1) is 28.7 Å².